The Morgan fingerprint density at radius 1 is 0.274 bits per heavy atom. The maximum absolute atomic E-state index is 2.50. The monoisotopic (exact) mass is 826 g/mol. The lowest BCUT2D eigenvalue weighted by Crippen LogP contribution is -2.21. The van der Waals surface area contributed by atoms with Crippen LogP contribution in [0.15, 0.2) is 243 Å². The van der Waals surface area contributed by atoms with E-state index in [2.05, 4.69) is 252 Å². The first kappa shape index (κ1) is 36.5. The Hall–Kier alpha value is -7.34. The molecule has 290 valence electrons. The molecule has 2 nitrogen and oxygen atoms in total. The first-order valence-electron chi connectivity index (χ1n) is 21.2. The molecule has 2 atom stereocenters. The summed E-state index contributed by atoms with van der Waals surface area (Å²) in [5.74, 6) is 0. The molecule has 2 heterocycles. The van der Waals surface area contributed by atoms with E-state index in [1.165, 1.54) is 64.1 Å². The van der Waals surface area contributed by atoms with Crippen LogP contribution < -0.4 is 19.9 Å². The van der Waals surface area contributed by atoms with Gasteiger partial charge < -0.3 is 0 Å². The average molecular weight is 827 g/mol. The zero-order valence-corrected chi connectivity index (χ0v) is 35.7. The van der Waals surface area contributed by atoms with Crippen molar-refractivity contribution in [2.75, 3.05) is 0 Å². The van der Waals surface area contributed by atoms with Gasteiger partial charge in [-0.1, -0.05) is 161 Å². The van der Waals surface area contributed by atoms with E-state index >= 15 is 0 Å². The average Bonchev–Trinajstić information content (AvgIpc) is 3.35. The maximum Gasteiger partial charge on any atom is 0.212 e. The highest BCUT2D eigenvalue weighted by molar-refractivity contribution is 7.66. The van der Waals surface area contributed by atoms with Gasteiger partial charge >= 0.3 is 0 Å². The number of benzene rings is 10. The molecule has 0 radical (unpaired) electrons. The van der Waals surface area contributed by atoms with Gasteiger partial charge in [0.2, 0.25) is 33.5 Å². The first-order valence-corrected chi connectivity index (χ1v) is 23.9. The molecule has 0 saturated heterocycles. The Morgan fingerprint density at radius 3 is 0.903 bits per heavy atom. The van der Waals surface area contributed by atoms with Crippen LogP contribution in [0.5, 0.6) is 0 Å². The van der Waals surface area contributed by atoms with Gasteiger partial charge in [-0.3, -0.25) is 0 Å². The van der Waals surface area contributed by atoms with E-state index in [-0.39, 0.29) is 0 Å². The molecule has 0 aromatic heterocycles. The molecule has 8 aromatic carbocycles. The van der Waals surface area contributed by atoms with Gasteiger partial charge in [-0.15, -0.1) is 0 Å². The summed E-state index contributed by atoms with van der Waals surface area (Å²) in [6.07, 6.45) is 0. The molecule has 0 fully saturated rings. The van der Waals surface area contributed by atoms with E-state index in [0.717, 1.165) is 33.5 Å². The van der Waals surface area contributed by atoms with Crippen LogP contribution in [0.4, 0.5) is 22.7 Å². The predicted octanol–water partition coefficient (Wildman–Crippen LogP) is 15.6. The van der Waals surface area contributed by atoms with Gasteiger partial charge in [-0.25, -0.2) is 0 Å². The number of rotatable bonds is 6. The van der Waals surface area contributed by atoms with Crippen LogP contribution in [-0.4, -0.2) is 0 Å². The van der Waals surface area contributed by atoms with E-state index in [4.69, 9.17) is 0 Å². The second kappa shape index (κ2) is 15.3. The summed E-state index contributed by atoms with van der Waals surface area (Å²) in [4.78, 5) is 0. The molecular weight excluding hydrogens is 787 g/mol. The van der Waals surface area contributed by atoms with E-state index < -0.39 is 15.1 Å². The van der Waals surface area contributed by atoms with Crippen LogP contribution in [0.1, 0.15) is 0 Å². The molecule has 2 unspecified atom stereocenters. The minimum atomic E-state index is -0.900. The van der Waals surface area contributed by atoms with Crippen molar-refractivity contribution in [2.45, 2.75) is 0 Å². The first-order chi connectivity index (χ1) is 30.8. The molecule has 4 aliphatic rings. The van der Waals surface area contributed by atoms with E-state index in [0.29, 0.717) is 0 Å². The van der Waals surface area contributed by atoms with Crippen molar-refractivity contribution >= 4 is 69.6 Å². The quantitative estimate of drug-likeness (QED) is 0.0895. The number of hydrogen-bond acceptors (Lipinski definition) is 0. The standard InChI is InChI=1S/C58H40N2P2/c1-7-19-41(20-8-1)59(42-21-9-2-10-22-42)45-31-33-49-51-35-36-52-50-34-32-46(60(43-23-11-3-12-24-43)44-25-13-4-14-26-44)40-56(50)62(48-29-17-6-18-30-48)54-38-37-53(57(51)58(52)54)61(55(49)39-45)47-27-15-5-16-28-47/h1-40H/q+2. The highest BCUT2D eigenvalue weighted by Crippen LogP contribution is 2.63. The number of nitrogens with zero attached hydrogens (tertiary/aromatic N) is 2. The van der Waals surface area contributed by atoms with Crippen LogP contribution in [0, 0.1) is 0 Å². The normalized spacial score (nSPS) is 12.1. The third kappa shape index (κ3) is 6.03. The van der Waals surface area contributed by atoms with Gasteiger partial charge in [0.1, 0.15) is 0 Å². The SMILES string of the molecule is c1ccc([N+](c2ccccc2)=c2ccc3c4ccc5c6ccc(=[N+](c7ccccc7)c7ccccc7)cc-6p(-c6ccccc6)c6ccc(c4c56)p(-c4ccccc4)c-3c2)cc1. The van der Waals surface area contributed by atoms with Crippen molar-refractivity contribution in [1.82, 2.24) is 9.15 Å². The second-order valence-electron chi connectivity index (χ2n) is 15.8. The Balaban J connectivity index is 1.23. The van der Waals surface area contributed by atoms with Gasteiger partial charge in [0.15, 0.2) is 0 Å². The van der Waals surface area contributed by atoms with Crippen molar-refractivity contribution in [3.63, 3.8) is 0 Å². The zero-order chi connectivity index (χ0) is 41.0. The minimum Gasteiger partial charge on any atom is -0.154 e. The molecule has 8 aromatic rings. The highest BCUT2D eigenvalue weighted by atomic mass is 31.1. The fourth-order valence-corrected chi connectivity index (χ4v) is 14.9. The lowest BCUT2D eigenvalue weighted by atomic mass is 9.95. The molecule has 0 amide bonds. The van der Waals surface area contributed by atoms with Crippen molar-refractivity contribution in [1.29, 1.82) is 0 Å². The number of hydrogen-bond donors (Lipinski definition) is 0. The van der Waals surface area contributed by atoms with Gasteiger partial charge in [-0.05, 0) is 56.8 Å². The number of para-hydroxylation sites is 4. The largest absolute Gasteiger partial charge is 0.212 e. The van der Waals surface area contributed by atoms with E-state index in [1.54, 1.807) is 0 Å². The van der Waals surface area contributed by atoms with Gasteiger partial charge in [0, 0.05) is 104 Å². The fraction of sp³-hybridized carbons (Fsp3) is 0. The predicted molar refractivity (Wildman–Crippen MR) is 266 cm³/mol. The summed E-state index contributed by atoms with van der Waals surface area (Å²) in [5, 5.41) is 16.2. The molecule has 4 heteroatoms. The zero-order valence-electron chi connectivity index (χ0n) is 33.9. The molecule has 0 saturated carbocycles. The van der Waals surface area contributed by atoms with Crippen LogP contribution in [-0.2, 0) is 0 Å². The summed E-state index contributed by atoms with van der Waals surface area (Å²) < 4.78 is 4.78. The Bertz CT molecular complexity index is 3310. The Kier molecular flexibility index (Phi) is 9.00. The molecular formula is C58H40N2P2+2. The molecule has 12 rings (SSSR count). The topological polar surface area (TPSA) is 6.02 Å². The van der Waals surface area contributed by atoms with Crippen molar-refractivity contribution < 1.29 is 0 Å². The lowest BCUT2D eigenvalue weighted by molar-refractivity contribution is 0.978. The molecule has 0 bridgehead atoms. The van der Waals surface area contributed by atoms with Crippen molar-refractivity contribution in [3.05, 3.63) is 253 Å². The van der Waals surface area contributed by atoms with Crippen LogP contribution >= 0.6 is 15.1 Å². The fourth-order valence-electron chi connectivity index (χ4n) is 9.60. The third-order valence-electron chi connectivity index (χ3n) is 12.2. The van der Waals surface area contributed by atoms with Gasteiger partial charge in [-0.2, -0.15) is 9.15 Å². The summed E-state index contributed by atoms with van der Waals surface area (Å²) in [6.45, 7) is 0. The van der Waals surface area contributed by atoms with Crippen molar-refractivity contribution in [3.8, 4) is 32.3 Å². The summed E-state index contributed by atoms with van der Waals surface area (Å²) in [7, 11) is -1.80. The molecule has 2 aliphatic heterocycles. The van der Waals surface area contributed by atoms with Gasteiger partial charge in [0.05, 0.1) is 0 Å². The highest BCUT2D eigenvalue weighted by Gasteiger charge is 2.27. The van der Waals surface area contributed by atoms with Crippen LogP contribution in [0.3, 0.4) is 0 Å². The second-order valence-corrected chi connectivity index (χ2v) is 20.1. The maximum atomic E-state index is 2.50. The van der Waals surface area contributed by atoms with E-state index in [1.807, 2.05) is 0 Å². The molecule has 0 spiro atoms. The molecule has 0 N–H and O–H groups in total. The lowest BCUT2D eigenvalue weighted by Gasteiger charge is -2.25. The summed E-state index contributed by atoms with van der Waals surface area (Å²) in [6, 6.07) is 89.8. The Morgan fingerprint density at radius 2 is 0.581 bits per heavy atom. The summed E-state index contributed by atoms with van der Waals surface area (Å²) >= 11 is 0. The molecule has 62 heavy (non-hydrogen) atoms. The minimum absolute atomic E-state index is 0.900. The summed E-state index contributed by atoms with van der Waals surface area (Å²) in [5.41, 5.74) is 7.22. The Labute approximate surface area is 362 Å². The van der Waals surface area contributed by atoms with E-state index in [9.17, 15) is 0 Å². The molecule has 2 aliphatic carbocycles. The smallest absolute Gasteiger partial charge is 0.154 e. The van der Waals surface area contributed by atoms with Crippen LogP contribution in [0.25, 0.3) is 64.1 Å². The third-order valence-corrected chi connectivity index (χ3v) is 17.3. The van der Waals surface area contributed by atoms with Crippen molar-refractivity contribution in [2.24, 2.45) is 0 Å². The number of fused-ring (bicyclic) bond motifs is 4. The van der Waals surface area contributed by atoms with Crippen LogP contribution in [0.2, 0.25) is 0 Å². The van der Waals surface area contributed by atoms with Gasteiger partial charge in [0.25, 0.3) is 0 Å².